The zero-order valence-corrected chi connectivity index (χ0v) is 14.3. The molecule has 5 nitrogen and oxygen atoms in total. The highest BCUT2D eigenvalue weighted by atomic mass is 19.4. The van der Waals surface area contributed by atoms with Gasteiger partial charge in [0.25, 0.3) is 0 Å². The van der Waals surface area contributed by atoms with Crippen LogP contribution in [-0.2, 0) is 11.0 Å². The number of alkyl halides is 3. The third-order valence-corrected chi connectivity index (χ3v) is 4.51. The maximum atomic E-state index is 12.6. The summed E-state index contributed by atoms with van der Waals surface area (Å²) in [6.45, 7) is 2.45. The summed E-state index contributed by atoms with van der Waals surface area (Å²) in [4.78, 5) is 14.5. The topological polar surface area (TPSA) is 50.2 Å². The molecule has 1 aromatic heterocycles. The fourth-order valence-electron chi connectivity index (χ4n) is 3.21. The van der Waals surface area contributed by atoms with Crippen LogP contribution >= 0.6 is 0 Å². The van der Waals surface area contributed by atoms with Crippen LogP contribution in [-0.4, -0.2) is 47.3 Å². The number of halogens is 3. The van der Waals surface area contributed by atoms with Gasteiger partial charge in [-0.05, 0) is 45.8 Å². The molecule has 0 radical (unpaired) electrons. The molecule has 0 spiro atoms. The highest BCUT2D eigenvalue weighted by Crippen LogP contribution is 2.28. The highest BCUT2D eigenvalue weighted by molar-refractivity contribution is 5.80. The lowest BCUT2D eigenvalue weighted by molar-refractivity contribution is -0.142. The van der Waals surface area contributed by atoms with Gasteiger partial charge in [0.2, 0.25) is 5.91 Å². The summed E-state index contributed by atoms with van der Waals surface area (Å²) in [6.07, 6.45) is 0.867. The van der Waals surface area contributed by atoms with Crippen molar-refractivity contribution < 1.29 is 18.0 Å². The number of nitrogens with one attached hydrogen (secondary N) is 1. The highest BCUT2D eigenvalue weighted by Gasteiger charge is 2.35. The predicted molar refractivity (Wildman–Crippen MR) is 84.4 cm³/mol. The average molecular weight is 346 g/mol. The van der Waals surface area contributed by atoms with Crippen molar-refractivity contribution in [1.29, 1.82) is 0 Å². The van der Waals surface area contributed by atoms with Crippen molar-refractivity contribution in [1.82, 2.24) is 20.0 Å². The van der Waals surface area contributed by atoms with E-state index in [1.807, 2.05) is 14.1 Å². The lowest BCUT2D eigenvalue weighted by atomic mass is 9.84. The Labute approximate surface area is 140 Å². The van der Waals surface area contributed by atoms with Crippen LogP contribution in [0.4, 0.5) is 13.2 Å². The molecule has 8 heteroatoms. The molecule has 136 valence electrons. The maximum absolute atomic E-state index is 12.6. The van der Waals surface area contributed by atoms with Gasteiger partial charge >= 0.3 is 6.18 Å². The molecule has 1 saturated carbocycles. The van der Waals surface area contributed by atoms with E-state index >= 15 is 0 Å². The fraction of sp³-hybridized carbons (Fsp3) is 0.750. The van der Waals surface area contributed by atoms with Crippen molar-refractivity contribution >= 4 is 5.91 Å². The van der Waals surface area contributed by atoms with Gasteiger partial charge in [-0.15, -0.1) is 0 Å². The third kappa shape index (κ3) is 4.72. The molecule has 2 rings (SSSR count). The maximum Gasteiger partial charge on any atom is 0.435 e. The Bertz CT molecular complexity index is 556. The second-order valence-corrected chi connectivity index (χ2v) is 6.78. The molecular formula is C16H25F3N4O. The molecule has 0 saturated heterocycles. The van der Waals surface area contributed by atoms with E-state index in [1.165, 1.54) is 6.20 Å². The summed E-state index contributed by atoms with van der Waals surface area (Å²) < 4.78 is 39.0. The van der Waals surface area contributed by atoms with Crippen LogP contribution in [0, 0.1) is 5.92 Å². The lowest BCUT2D eigenvalue weighted by Crippen LogP contribution is -2.47. The molecule has 1 heterocycles. The van der Waals surface area contributed by atoms with Crippen LogP contribution < -0.4 is 5.32 Å². The minimum Gasteiger partial charge on any atom is -0.351 e. The van der Waals surface area contributed by atoms with Gasteiger partial charge in [0.1, 0.15) is 6.04 Å². The van der Waals surface area contributed by atoms with Gasteiger partial charge in [0.15, 0.2) is 5.69 Å². The van der Waals surface area contributed by atoms with E-state index < -0.39 is 17.9 Å². The molecule has 1 aromatic rings. The van der Waals surface area contributed by atoms with Gasteiger partial charge in [-0.25, -0.2) is 0 Å². The number of hydrogen-bond donors (Lipinski definition) is 1. The Hall–Kier alpha value is -1.57. The number of carbonyl (C=O) groups is 1. The van der Waals surface area contributed by atoms with Gasteiger partial charge < -0.3 is 10.2 Å². The molecule has 3 atom stereocenters. The first kappa shape index (κ1) is 18.8. The van der Waals surface area contributed by atoms with Gasteiger partial charge in [0, 0.05) is 18.8 Å². The number of amides is 1. The van der Waals surface area contributed by atoms with E-state index in [0.717, 1.165) is 43.0 Å². The van der Waals surface area contributed by atoms with Gasteiger partial charge in [0.05, 0.1) is 0 Å². The Morgan fingerprint density at radius 1 is 1.42 bits per heavy atom. The first-order valence-corrected chi connectivity index (χ1v) is 8.26. The number of aromatic nitrogens is 2. The number of rotatable bonds is 5. The zero-order valence-electron chi connectivity index (χ0n) is 14.3. The first-order chi connectivity index (χ1) is 11.2. The van der Waals surface area contributed by atoms with Gasteiger partial charge in [-0.3, -0.25) is 9.48 Å². The van der Waals surface area contributed by atoms with Crippen LogP contribution in [0.25, 0.3) is 0 Å². The Balaban J connectivity index is 2.01. The normalized spacial score (nSPS) is 23.3. The van der Waals surface area contributed by atoms with Crippen molar-refractivity contribution in [2.45, 2.75) is 50.9 Å². The summed E-state index contributed by atoms with van der Waals surface area (Å²) in [5.41, 5.74) is -0.981. The first-order valence-electron chi connectivity index (χ1n) is 8.26. The molecule has 1 amide bonds. The number of hydrogen-bond acceptors (Lipinski definition) is 3. The van der Waals surface area contributed by atoms with Crippen LogP contribution in [0.1, 0.15) is 44.3 Å². The second-order valence-electron chi connectivity index (χ2n) is 6.78. The average Bonchev–Trinajstić information content (AvgIpc) is 2.97. The van der Waals surface area contributed by atoms with E-state index in [0.29, 0.717) is 5.92 Å². The molecule has 1 aliphatic carbocycles. The van der Waals surface area contributed by atoms with E-state index in [-0.39, 0.29) is 11.9 Å². The fourth-order valence-corrected chi connectivity index (χ4v) is 3.21. The summed E-state index contributed by atoms with van der Waals surface area (Å²) >= 11 is 0. The zero-order chi connectivity index (χ0) is 17.9. The SMILES string of the molecule is CC(C(=O)NC1CCCCC1CN(C)C)n1ccc(C(F)(F)F)n1. The van der Waals surface area contributed by atoms with E-state index in [1.54, 1.807) is 6.92 Å². The van der Waals surface area contributed by atoms with Crippen molar-refractivity contribution in [3.63, 3.8) is 0 Å². The molecule has 3 unspecified atom stereocenters. The van der Waals surface area contributed by atoms with Gasteiger partial charge in [-0.1, -0.05) is 12.8 Å². The van der Waals surface area contributed by atoms with Crippen LogP contribution in [0.15, 0.2) is 12.3 Å². The van der Waals surface area contributed by atoms with E-state index in [4.69, 9.17) is 0 Å². The van der Waals surface area contributed by atoms with Crippen molar-refractivity contribution in [3.05, 3.63) is 18.0 Å². The van der Waals surface area contributed by atoms with E-state index in [2.05, 4.69) is 15.3 Å². The number of nitrogens with zero attached hydrogens (tertiary/aromatic N) is 3. The second kappa shape index (κ2) is 7.55. The summed E-state index contributed by atoms with van der Waals surface area (Å²) in [5.74, 6) is 0.0794. The monoisotopic (exact) mass is 346 g/mol. The lowest BCUT2D eigenvalue weighted by Gasteiger charge is -2.34. The van der Waals surface area contributed by atoms with E-state index in [9.17, 15) is 18.0 Å². The van der Waals surface area contributed by atoms with Gasteiger partial charge in [-0.2, -0.15) is 18.3 Å². The third-order valence-electron chi connectivity index (χ3n) is 4.51. The molecule has 0 bridgehead atoms. The minimum atomic E-state index is -4.50. The van der Waals surface area contributed by atoms with Crippen LogP contribution in [0.3, 0.4) is 0 Å². The quantitative estimate of drug-likeness (QED) is 0.892. The molecule has 1 N–H and O–H groups in total. The van der Waals surface area contributed by atoms with Crippen LogP contribution in [0.5, 0.6) is 0 Å². The molecule has 0 aromatic carbocycles. The molecule has 24 heavy (non-hydrogen) atoms. The Kier molecular flexibility index (Phi) is 5.90. The molecular weight excluding hydrogens is 321 g/mol. The molecule has 1 fully saturated rings. The minimum absolute atomic E-state index is 0.0637. The Morgan fingerprint density at radius 2 is 2.08 bits per heavy atom. The van der Waals surface area contributed by atoms with Crippen molar-refractivity contribution in [2.75, 3.05) is 20.6 Å². The summed E-state index contributed by atoms with van der Waals surface area (Å²) in [6, 6.07) is 0.177. The number of carbonyl (C=O) groups excluding carboxylic acids is 1. The predicted octanol–water partition coefficient (Wildman–Crippen LogP) is 2.70. The Morgan fingerprint density at radius 3 is 2.67 bits per heavy atom. The standard InChI is InChI=1S/C16H25F3N4O/c1-11(23-9-8-14(21-23)16(17,18)19)15(24)20-13-7-5-4-6-12(13)10-22(2)3/h8-9,11-13H,4-7,10H2,1-3H3,(H,20,24). The van der Waals surface area contributed by atoms with Crippen molar-refractivity contribution in [2.24, 2.45) is 5.92 Å². The smallest absolute Gasteiger partial charge is 0.351 e. The molecule has 0 aliphatic heterocycles. The summed E-state index contributed by atoms with van der Waals surface area (Å²) in [7, 11) is 4.00. The van der Waals surface area contributed by atoms with Crippen LogP contribution in [0.2, 0.25) is 0 Å². The summed E-state index contributed by atoms with van der Waals surface area (Å²) in [5, 5.41) is 6.50. The van der Waals surface area contributed by atoms with Crippen molar-refractivity contribution in [3.8, 4) is 0 Å². The molecule has 1 aliphatic rings. The largest absolute Gasteiger partial charge is 0.435 e.